The van der Waals surface area contributed by atoms with Crippen molar-refractivity contribution in [3.63, 3.8) is 0 Å². The van der Waals surface area contributed by atoms with Crippen LogP contribution in [-0.2, 0) is 0 Å². The monoisotopic (exact) mass is 344 g/mol. The van der Waals surface area contributed by atoms with E-state index in [0.717, 1.165) is 6.42 Å². The lowest BCUT2D eigenvalue weighted by molar-refractivity contribution is 0.0680. The molecule has 25 heavy (non-hydrogen) atoms. The van der Waals surface area contributed by atoms with Crippen molar-refractivity contribution in [3.05, 3.63) is 47.6 Å². The minimum absolute atomic E-state index is 0.0992. The summed E-state index contributed by atoms with van der Waals surface area (Å²) in [5.74, 6) is -1.54. The molecule has 1 unspecified atom stereocenters. The van der Waals surface area contributed by atoms with Crippen LogP contribution in [0.2, 0.25) is 0 Å². The van der Waals surface area contributed by atoms with Crippen molar-refractivity contribution >= 4 is 22.8 Å². The maximum atomic E-state index is 13.3. The van der Waals surface area contributed by atoms with Gasteiger partial charge in [-0.1, -0.05) is 5.16 Å². The van der Waals surface area contributed by atoms with Crippen molar-refractivity contribution < 1.29 is 22.9 Å². The molecular weight excluding hydrogens is 331 g/mol. The number of amides is 2. The van der Waals surface area contributed by atoms with E-state index >= 15 is 0 Å². The highest BCUT2D eigenvalue weighted by molar-refractivity contribution is 5.96. The first kappa shape index (κ1) is 15.3. The van der Waals surface area contributed by atoms with Gasteiger partial charge in [0.15, 0.2) is 5.76 Å². The average molecular weight is 344 g/mol. The number of furan rings is 1. The van der Waals surface area contributed by atoms with Gasteiger partial charge in [0.1, 0.15) is 17.4 Å². The number of carbonyl (C=O) groups excluding carboxylic acids is 2. The van der Waals surface area contributed by atoms with Crippen molar-refractivity contribution in [2.75, 3.05) is 6.54 Å². The second-order valence-corrected chi connectivity index (χ2v) is 5.77. The van der Waals surface area contributed by atoms with Gasteiger partial charge in [0.25, 0.3) is 17.6 Å². The predicted molar refractivity (Wildman–Crippen MR) is 82.0 cm³/mol. The van der Waals surface area contributed by atoms with E-state index in [0.29, 0.717) is 23.9 Å². The zero-order valence-electron chi connectivity index (χ0n) is 12.9. The number of primary amides is 1. The summed E-state index contributed by atoms with van der Waals surface area (Å²) in [7, 11) is 0. The summed E-state index contributed by atoms with van der Waals surface area (Å²) in [5, 5.41) is 4.01. The maximum absolute atomic E-state index is 13.3. The van der Waals surface area contributed by atoms with Crippen molar-refractivity contribution in [1.29, 1.82) is 0 Å². The summed E-state index contributed by atoms with van der Waals surface area (Å²) in [4.78, 5) is 29.4. The lowest BCUT2D eigenvalue weighted by atomic mass is 10.2. The summed E-state index contributed by atoms with van der Waals surface area (Å²) < 4.78 is 23.9. The Kier molecular flexibility index (Phi) is 3.48. The number of nitrogens with two attached hydrogens (primary N) is 1. The molecule has 1 aliphatic rings. The van der Waals surface area contributed by atoms with E-state index in [1.54, 1.807) is 0 Å². The van der Waals surface area contributed by atoms with Crippen molar-refractivity contribution in [2.45, 2.75) is 18.9 Å². The van der Waals surface area contributed by atoms with Gasteiger partial charge in [-0.15, -0.1) is 0 Å². The Morgan fingerprint density at radius 2 is 2.16 bits per heavy atom. The number of rotatable bonds is 3. The predicted octanol–water partition coefficient (Wildman–Crippen LogP) is 2.03. The van der Waals surface area contributed by atoms with E-state index in [1.165, 1.54) is 29.2 Å². The molecule has 128 valence electrons. The van der Waals surface area contributed by atoms with Crippen LogP contribution in [0.3, 0.4) is 0 Å². The number of hydrogen-bond acceptors (Lipinski definition) is 6. The quantitative estimate of drug-likeness (QED) is 0.777. The normalized spacial score (nSPS) is 17.3. The molecule has 1 aromatic carbocycles. The van der Waals surface area contributed by atoms with E-state index in [4.69, 9.17) is 14.7 Å². The molecule has 3 aromatic rings. The van der Waals surface area contributed by atoms with Crippen molar-refractivity contribution in [2.24, 2.45) is 5.73 Å². The molecule has 0 spiro atoms. The third-order valence-electron chi connectivity index (χ3n) is 4.15. The van der Waals surface area contributed by atoms with Crippen LogP contribution in [0.4, 0.5) is 4.39 Å². The van der Waals surface area contributed by atoms with Crippen LogP contribution in [0.1, 0.15) is 45.9 Å². The number of halogens is 1. The molecule has 0 saturated carbocycles. The largest absolute Gasteiger partial charge is 0.451 e. The molecular formula is C16H13FN4O4. The van der Waals surface area contributed by atoms with Gasteiger partial charge in [-0.05, 0) is 37.1 Å². The van der Waals surface area contributed by atoms with Crippen LogP contribution in [0.25, 0.3) is 11.0 Å². The highest BCUT2D eigenvalue weighted by atomic mass is 19.1. The van der Waals surface area contributed by atoms with Crippen molar-refractivity contribution in [3.8, 4) is 0 Å². The minimum atomic E-state index is -0.801. The van der Waals surface area contributed by atoms with Crippen LogP contribution in [0, 0.1) is 5.82 Å². The number of carbonyl (C=O) groups is 2. The van der Waals surface area contributed by atoms with E-state index in [-0.39, 0.29) is 23.4 Å². The van der Waals surface area contributed by atoms with E-state index in [2.05, 4.69) is 10.1 Å². The van der Waals surface area contributed by atoms with Gasteiger partial charge in [-0.25, -0.2) is 4.39 Å². The van der Waals surface area contributed by atoms with Crippen LogP contribution in [0.15, 0.2) is 33.2 Å². The standard InChI is InChI=1S/C16H13FN4O4/c17-9-3-4-11-8(6-9)7-12(24-11)16(23)21-5-1-2-10(21)15-19-14(13(18)22)20-25-15/h3-4,6-7,10H,1-2,5H2,(H2,18,22). The molecule has 1 saturated heterocycles. The molecule has 0 bridgehead atoms. The zero-order chi connectivity index (χ0) is 17.6. The SMILES string of the molecule is NC(=O)c1noc(C2CCCN2C(=O)c2cc3cc(F)ccc3o2)n1. The first-order chi connectivity index (χ1) is 12.0. The fourth-order valence-electron chi connectivity index (χ4n) is 3.00. The number of fused-ring (bicyclic) bond motifs is 1. The van der Waals surface area contributed by atoms with Gasteiger partial charge in [-0.2, -0.15) is 4.98 Å². The van der Waals surface area contributed by atoms with Crippen molar-refractivity contribution in [1.82, 2.24) is 15.0 Å². The third kappa shape index (κ3) is 2.63. The summed E-state index contributed by atoms with van der Waals surface area (Å²) in [6.07, 6.45) is 1.35. The molecule has 2 aromatic heterocycles. The van der Waals surface area contributed by atoms with Crippen LogP contribution in [-0.4, -0.2) is 33.4 Å². The molecule has 3 heterocycles. The number of aromatic nitrogens is 2. The molecule has 0 aliphatic carbocycles. The number of hydrogen-bond donors (Lipinski definition) is 1. The lowest BCUT2D eigenvalue weighted by Gasteiger charge is -2.20. The van der Waals surface area contributed by atoms with E-state index in [1.807, 2.05) is 0 Å². The molecule has 0 radical (unpaired) electrons. The topological polar surface area (TPSA) is 115 Å². The van der Waals surface area contributed by atoms with Gasteiger partial charge in [0, 0.05) is 11.9 Å². The van der Waals surface area contributed by atoms with Crippen LogP contribution < -0.4 is 5.73 Å². The summed E-state index contributed by atoms with van der Waals surface area (Å²) in [6.45, 7) is 0.475. The zero-order valence-corrected chi connectivity index (χ0v) is 12.9. The molecule has 4 rings (SSSR count). The van der Waals surface area contributed by atoms with Crippen LogP contribution in [0.5, 0.6) is 0 Å². The number of benzene rings is 1. The molecule has 2 N–H and O–H groups in total. The summed E-state index contributed by atoms with van der Waals surface area (Å²) >= 11 is 0. The Morgan fingerprint density at radius 3 is 2.92 bits per heavy atom. The minimum Gasteiger partial charge on any atom is -0.451 e. The Balaban J connectivity index is 1.64. The Morgan fingerprint density at radius 1 is 1.32 bits per heavy atom. The van der Waals surface area contributed by atoms with Gasteiger partial charge in [-0.3, -0.25) is 9.59 Å². The summed E-state index contributed by atoms with van der Waals surface area (Å²) in [5.41, 5.74) is 5.54. The fraction of sp³-hybridized carbons (Fsp3) is 0.250. The fourth-order valence-corrected chi connectivity index (χ4v) is 3.00. The molecule has 1 aliphatic heterocycles. The first-order valence-electron chi connectivity index (χ1n) is 7.66. The highest BCUT2D eigenvalue weighted by Crippen LogP contribution is 2.33. The second-order valence-electron chi connectivity index (χ2n) is 5.77. The second kappa shape index (κ2) is 5.69. The van der Waals surface area contributed by atoms with Gasteiger partial charge >= 0.3 is 0 Å². The Labute approximate surface area is 140 Å². The Hall–Kier alpha value is -3.23. The van der Waals surface area contributed by atoms with E-state index in [9.17, 15) is 14.0 Å². The molecule has 1 fully saturated rings. The summed E-state index contributed by atoms with van der Waals surface area (Å²) in [6, 6.07) is 5.08. The molecule has 1 atom stereocenters. The van der Waals surface area contributed by atoms with Gasteiger partial charge in [0.2, 0.25) is 5.89 Å². The number of nitrogens with zero attached hydrogens (tertiary/aromatic N) is 3. The molecule has 2 amide bonds. The van der Waals surface area contributed by atoms with Gasteiger partial charge < -0.3 is 19.6 Å². The van der Waals surface area contributed by atoms with Gasteiger partial charge in [0.05, 0.1) is 0 Å². The Bertz CT molecular complexity index is 980. The third-order valence-corrected chi connectivity index (χ3v) is 4.15. The molecule has 8 nitrogen and oxygen atoms in total. The van der Waals surface area contributed by atoms with E-state index < -0.39 is 17.8 Å². The maximum Gasteiger partial charge on any atom is 0.290 e. The highest BCUT2D eigenvalue weighted by Gasteiger charge is 2.36. The lowest BCUT2D eigenvalue weighted by Crippen LogP contribution is -2.30. The average Bonchev–Trinajstić information content (AvgIpc) is 3.31. The number of likely N-dealkylation sites (tertiary alicyclic amines) is 1. The van der Waals surface area contributed by atoms with Crippen LogP contribution >= 0.6 is 0 Å². The first-order valence-corrected chi connectivity index (χ1v) is 7.66. The molecule has 9 heteroatoms. The smallest absolute Gasteiger partial charge is 0.290 e.